The van der Waals surface area contributed by atoms with Crippen molar-refractivity contribution in [3.05, 3.63) is 35.9 Å². The predicted octanol–water partition coefficient (Wildman–Crippen LogP) is 0.266. The third kappa shape index (κ3) is 5.83. The molecule has 1 amide bonds. The van der Waals surface area contributed by atoms with Crippen molar-refractivity contribution in [2.45, 2.75) is 12.5 Å². The lowest BCUT2D eigenvalue weighted by molar-refractivity contribution is -0.124. The summed E-state index contributed by atoms with van der Waals surface area (Å²) in [4.78, 5) is 14.1. The van der Waals surface area contributed by atoms with Gasteiger partial charge in [-0.1, -0.05) is 30.3 Å². The van der Waals surface area contributed by atoms with Gasteiger partial charge in [-0.15, -0.1) is 0 Å². The summed E-state index contributed by atoms with van der Waals surface area (Å²) in [6.07, 6.45) is 1.05. The molecule has 1 saturated heterocycles. The summed E-state index contributed by atoms with van der Waals surface area (Å²) < 4.78 is 5.63. The monoisotopic (exact) mass is 291 g/mol. The number of carbonyl (C=O) groups is 1. The molecule has 1 fully saturated rings. The fraction of sp³-hybridized carbons (Fsp3) is 0.562. The van der Waals surface area contributed by atoms with Gasteiger partial charge in [0.25, 0.3) is 0 Å². The van der Waals surface area contributed by atoms with Gasteiger partial charge in [0.15, 0.2) is 0 Å². The second-order valence-corrected chi connectivity index (χ2v) is 5.37. The molecule has 1 aromatic carbocycles. The number of nitrogens with one attached hydrogen (secondary N) is 2. The number of amides is 1. The maximum atomic E-state index is 12.0. The number of benzene rings is 1. The fourth-order valence-electron chi connectivity index (χ4n) is 2.53. The highest BCUT2D eigenvalue weighted by Gasteiger charge is 2.21. The Morgan fingerprint density at radius 3 is 2.95 bits per heavy atom. The highest BCUT2D eigenvalue weighted by molar-refractivity contribution is 5.78. The Balaban J connectivity index is 1.65. The number of hydrogen-bond donors (Lipinski definition) is 2. The van der Waals surface area contributed by atoms with Gasteiger partial charge in [-0.3, -0.25) is 9.69 Å². The van der Waals surface area contributed by atoms with Crippen LogP contribution in [-0.4, -0.2) is 63.3 Å². The summed E-state index contributed by atoms with van der Waals surface area (Å²) in [5.41, 5.74) is 1.25. The van der Waals surface area contributed by atoms with Crippen LogP contribution < -0.4 is 10.6 Å². The van der Waals surface area contributed by atoms with Crippen LogP contribution in [0.25, 0.3) is 0 Å². The molecule has 2 N–H and O–H groups in total. The number of rotatable bonds is 7. The number of carbonyl (C=O) groups excluding carboxylic acids is 1. The second-order valence-electron chi connectivity index (χ2n) is 5.37. The Morgan fingerprint density at radius 1 is 1.38 bits per heavy atom. The lowest BCUT2D eigenvalue weighted by atomic mass is 10.1. The minimum Gasteiger partial charge on any atom is -0.374 e. The number of morpholine rings is 1. The highest BCUT2D eigenvalue weighted by Crippen LogP contribution is 2.04. The molecule has 0 saturated carbocycles. The quantitative estimate of drug-likeness (QED) is 0.757. The molecule has 1 atom stereocenters. The molecule has 0 spiro atoms. The second kappa shape index (κ2) is 8.77. The maximum absolute atomic E-state index is 12.0. The predicted molar refractivity (Wildman–Crippen MR) is 83.3 cm³/mol. The molecule has 0 aromatic heterocycles. The molecule has 5 heteroatoms. The van der Waals surface area contributed by atoms with Gasteiger partial charge >= 0.3 is 0 Å². The summed E-state index contributed by atoms with van der Waals surface area (Å²) >= 11 is 0. The van der Waals surface area contributed by atoms with Crippen molar-refractivity contribution in [2.24, 2.45) is 0 Å². The Kier molecular flexibility index (Phi) is 6.66. The summed E-state index contributed by atoms with van der Waals surface area (Å²) in [7, 11) is 1.92. The van der Waals surface area contributed by atoms with E-state index in [9.17, 15) is 4.79 Å². The minimum atomic E-state index is 0.0936. The molecule has 116 valence electrons. The highest BCUT2D eigenvalue weighted by atomic mass is 16.5. The van der Waals surface area contributed by atoms with Crippen LogP contribution in [0.1, 0.15) is 5.56 Å². The van der Waals surface area contributed by atoms with E-state index in [1.807, 2.05) is 25.2 Å². The van der Waals surface area contributed by atoms with Crippen LogP contribution in [0, 0.1) is 0 Å². The Hall–Kier alpha value is -1.43. The van der Waals surface area contributed by atoms with E-state index < -0.39 is 0 Å². The third-order valence-corrected chi connectivity index (χ3v) is 3.60. The van der Waals surface area contributed by atoms with Gasteiger partial charge in [-0.05, 0) is 19.0 Å². The van der Waals surface area contributed by atoms with Crippen LogP contribution in [0.5, 0.6) is 0 Å². The molecule has 0 radical (unpaired) electrons. The van der Waals surface area contributed by atoms with E-state index in [1.165, 1.54) is 5.56 Å². The van der Waals surface area contributed by atoms with Crippen molar-refractivity contribution in [1.82, 2.24) is 15.5 Å². The van der Waals surface area contributed by atoms with Crippen molar-refractivity contribution in [3.63, 3.8) is 0 Å². The molecule has 0 aliphatic carbocycles. The van der Waals surface area contributed by atoms with Crippen LogP contribution in [0.15, 0.2) is 30.3 Å². The van der Waals surface area contributed by atoms with E-state index >= 15 is 0 Å². The van der Waals surface area contributed by atoms with E-state index in [0.717, 1.165) is 26.1 Å². The Bertz CT molecular complexity index is 423. The zero-order valence-corrected chi connectivity index (χ0v) is 12.7. The van der Waals surface area contributed by atoms with Crippen molar-refractivity contribution in [2.75, 3.05) is 46.4 Å². The lowest BCUT2D eigenvalue weighted by Crippen LogP contribution is -2.49. The first-order chi connectivity index (χ1) is 10.3. The minimum absolute atomic E-state index is 0.0936. The maximum Gasteiger partial charge on any atom is 0.234 e. The molecular formula is C16H25N3O2. The molecule has 1 aliphatic rings. The molecular weight excluding hydrogens is 266 g/mol. The van der Waals surface area contributed by atoms with Crippen LogP contribution >= 0.6 is 0 Å². The van der Waals surface area contributed by atoms with Crippen LogP contribution in [0.2, 0.25) is 0 Å². The average molecular weight is 291 g/mol. The first-order valence-corrected chi connectivity index (χ1v) is 7.57. The van der Waals surface area contributed by atoms with E-state index in [4.69, 9.17) is 4.74 Å². The van der Waals surface area contributed by atoms with Gasteiger partial charge in [0.2, 0.25) is 5.91 Å². The molecule has 2 rings (SSSR count). The normalized spacial score (nSPS) is 19.4. The van der Waals surface area contributed by atoms with Crippen LogP contribution in [0.3, 0.4) is 0 Å². The smallest absolute Gasteiger partial charge is 0.234 e. The molecule has 1 heterocycles. The first kappa shape index (κ1) is 15.9. The molecule has 1 aliphatic heterocycles. The largest absolute Gasteiger partial charge is 0.374 e. The molecule has 0 bridgehead atoms. The van der Waals surface area contributed by atoms with E-state index in [0.29, 0.717) is 19.7 Å². The van der Waals surface area contributed by atoms with Crippen molar-refractivity contribution >= 4 is 5.91 Å². The number of hydrogen-bond acceptors (Lipinski definition) is 4. The summed E-state index contributed by atoms with van der Waals surface area (Å²) in [6, 6.07) is 10.2. The van der Waals surface area contributed by atoms with Gasteiger partial charge in [0, 0.05) is 26.2 Å². The van der Waals surface area contributed by atoms with E-state index in [-0.39, 0.29) is 12.0 Å². The summed E-state index contributed by atoms with van der Waals surface area (Å²) in [5.74, 6) is 0.0936. The standard InChI is InChI=1S/C16H25N3O2/c1-17-11-15-12-19(9-10-21-15)13-16(20)18-8-7-14-5-3-2-4-6-14/h2-6,15,17H,7-13H2,1H3,(H,18,20). The van der Waals surface area contributed by atoms with E-state index in [1.54, 1.807) is 0 Å². The van der Waals surface area contributed by atoms with Crippen molar-refractivity contribution < 1.29 is 9.53 Å². The van der Waals surface area contributed by atoms with Crippen molar-refractivity contribution in [1.29, 1.82) is 0 Å². The van der Waals surface area contributed by atoms with Crippen LogP contribution in [0.4, 0.5) is 0 Å². The zero-order chi connectivity index (χ0) is 14.9. The van der Waals surface area contributed by atoms with Gasteiger partial charge in [0.05, 0.1) is 19.3 Å². The first-order valence-electron chi connectivity index (χ1n) is 7.57. The molecule has 21 heavy (non-hydrogen) atoms. The van der Waals surface area contributed by atoms with Crippen molar-refractivity contribution in [3.8, 4) is 0 Å². The van der Waals surface area contributed by atoms with Gasteiger partial charge < -0.3 is 15.4 Å². The number of ether oxygens (including phenoxy) is 1. The Morgan fingerprint density at radius 2 is 2.19 bits per heavy atom. The van der Waals surface area contributed by atoms with Gasteiger partial charge in [-0.2, -0.15) is 0 Å². The lowest BCUT2D eigenvalue weighted by Gasteiger charge is -2.32. The van der Waals surface area contributed by atoms with E-state index in [2.05, 4.69) is 27.7 Å². The Labute approximate surface area is 126 Å². The molecule has 1 aromatic rings. The van der Waals surface area contributed by atoms with Gasteiger partial charge in [0.1, 0.15) is 0 Å². The summed E-state index contributed by atoms with van der Waals surface area (Å²) in [6.45, 7) is 4.31. The number of nitrogens with zero attached hydrogens (tertiary/aromatic N) is 1. The molecule has 5 nitrogen and oxygen atoms in total. The fourth-order valence-corrected chi connectivity index (χ4v) is 2.53. The summed E-state index contributed by atoms with van der Waals surface area (Å²) in [5, 5.41) is 6.10. The molecule has 1 unspecified atom stereocenters. The SMILES string of the molecule is CNCC1CN(CC(=O)NCCc2ccccc2)CCO1. The zero-order valence-electron chi connectivity index (χ0n) is 12.7. The third-order valence-electron chi connectivity index (χ3n) is 3.60. The van der Waals surface area contributed by atoms with Crippen LogP contribution in [-0.2, 0) is 16.0 Å². The average Bonchev–Trinajstić information content (AvgIpc) is 2.49. The van der Waals surface area contributed by atoms with Gasteiger partial charge in [-0.25, -0.2) is 0 Å². The number of likely N-dealkylation sites (N-methyl/N-ethyl adjacent to an activating group) is 1. The topological polar surface area (TPSA) is 53.6 Å².